The van der Waals surface area contributed by atoms with Gasteiger partial charge in [0.05, 0.1) is 22.1 Å². The first kappa shape index (κ1) is 41.9. The van der Waals surface area contributed by atoms with E-state index in [1.165, 1.54) is 94.3 Å². The molecule has 340 valence electrons. The molecular weight excluding hydrogens is 869 g/mol. The number of rotatable bonds is 8. The van der Waals surface area contributed by atoms with Gasteiger partial charge in [-0.3, -0.25) is 0 Å². The Kier molecular flexibility index (Phi) is 9.50. The molecule has 0 bridgehead atoms. The monoisotopic (exact) mass is 918 g/mol. The molecule has 2 aliphatic carbocycles. The van der Waals surface area contributed by atoms with Crippen LogP contribution in [0.4, 0.5) is 17.1 Å². The van der Waals surface area contributed by atoms with Crippen molar-refractivity contribution in [2.24, 2.45) is 0 Å². The molecule has 0 saturated heterocycles. The Labute approximate surface area is 421 Å². The first-order valence-electron chi connectivity index (χ1n) is 25.2. The van der Waals surface area contributed by atoms with Crippen LogP contribution in [0.3, 0.4) is 0 Å². The lowest BCUT2D eigenvalue weighted by Crippen LogP contribution is -2.28. The van der Waals surface area contributed by atoms with E-state index in [4.69, 9.17) is 0 Å². The van der Waals surface area contributed by atoms with Crippen LogP contribution in [0.15, 0.2) is 267 Å². The summed E-state index contributed by atoms with van der Waals surface area (Å²) in [5, 5.41) is 2.50. The maximum absolute atomic E-state index is 2.52. The van der Waals surface area contributed by atoms with Gasteiger partial charge in [0.25, 0.3) is 0 Å². The molecule has 0 N–H and O–H groups in total. The van der Waals surface area contributed by atoms with Crippen LogP contribution in [0, 0.1) is 0 Å². The fourth-order valence-electron chi connectivity index (χ4n) is 12.6. The van der Waals surface area contributed by atoms with Gasteiger partial charge >= 0.3 is 0 Å². The SMILES string of the molecule is CC1(C)c2ccccc2-c2ccc(N(c3cc(-c4ccccc4)cc(-c4ccccc4)c3)c3ccc4c(c3)C(c3ccccc3)(c3ccccc3)c3cccc(-n5c6ccccc6c6ccccc65)c3-4)cc21. The second-order valence-electron chi connectivity index (χ2n) is 20.0. The average molecular weight is 919 g/mol. The van der Waals surface area contributed by atoms with Gasteiger partial charge in [-0.2, -0.15) is 0 Å². The maximum atomic E-state index is 2.52. The third-order valence-corrected chi connectivity index (χ3v) is 15.8. The lowest BCUT2D eigenvalue weighted by molar-refractivity contribution is 0.660. The maximum Gasteiger partial charge on any atom is 0.0715 e. The summed E-state index contributed by atoms with van der Waals surface area (Å²) in [6, 6.07) is 99.4. The summed E-state index contributed by atoms with van der Waals surface area (Å²) in [5.74, 6) is 0. The van der Waals surface area contributed by atoms with Crippen LogP contribution in [0.1, 0.15) is 47.2 Å². The fourth-order valence-corrected chi connectivity index (χ4v) is 12.6. The van der Waals surface area contributed by atoms with E-state index in [0.29, 0.717) is 0 Å². The lowest BCUT2D eigenvalue weighted by atomic mass is 9.67. The molecule has 11 aromatic carbocycles. The van der Waals surface area contributed by atoms with Crippen LogP contribution in [0.25, 0.3) is 72.0 Å². The van der Waals surface area contributed by atoms with E-state index in [1.54, 1.807) is 0 Å². The van der Waals surface area contributed by atoms with Gasteiger partial charge in [-0.25, -0.2) is 0 Å². The molecule has 72 heavy (non-hydrogen) atoms. The Morgan fingerprint density at radius 1 is 0.319 bits per heavy atom. The zero-order valence-electron chi connectivity index (χ0n) is 40.3. The van der Waals surface area contributed by atoms with E-state index in [-0.39, 0.29) is 5.41 Å². The summed E-state index contributed by atoms with van der Waals surface area (Å²) < 4.78 is 2.50. The first-order chi connectivity index (χ1) is 35.5. The summed E-state index contributed by atoms with van der Waals surface area (Å²) in [7, 11) is 0. The van der Waals surface area contributed by atoms with Crippen molar-refractivity contribution < 1.29 is 0 Å². The predicted octanol–water partition coefficient (Wildman–Crippen LogP) is 18.3. The standard InChI is InChI=1S/C70H50N2/c1-69(2)61-33-18-15-30-56(61)57-40-38-53(45-63(57)69)71(55-43-49(47-22-7-3-8-23-47)42-50(44-55)48-24-9-4-10-25-48)54-39-41-60-64(46-54)70(51-26-11-5-12-27-51,52-28-13-6-14-29-52)62-34-21-37-67(68(60)62)72-65-35-19-16-31-58(65)59-32-17-20-36-66(59)72/h3-46H,1-2H3. The number of para-hydroxylation sites is 2. The van der Waals surface area contributed by atoms with E-state index >= 15 is 0 Å². The van der Waals surface area contributed by atoms with Gasteiger partial charge in [-0.15, -0.1) is 0 Å². The summed E-state index contributed by atoms with van der Waals surface area (Å²) >= 11 is 0. The van der Waals surface area contributed by atoms with Gasteiger partial charge in [0, 0.05) is 38.8 Å². The number of benzene rings is 11. The van der Waals surface area contributed by atoms with E-state index in [1.807, 2.05) is 0 Å². The molecule has 12 aromatic rings. The van der Waals surface area contributed by atoms with Crippen molar-refractivity contribution in [2.45, 2.75) is 24.7 Å². The van der Waals surface area contributed by atoms with E-state index in [9.17, 15) is 0 Å². The minimum absolute atomic E-state index is 0.187. The minimum Gasteiger partial charge on any atom is -0.310 e. The molecule has 0 amide bonds. The van der Waals surface area contributed by atoms with Gasteiger partial charge in [0.2, 0.25) is 0 Å². The fraction of sp³-hybridized carbons (Fsp3) is 0.0571. The normalized spacial score (nSPS) is 13.6. The molecule has 0 saturated carbocycles. The second kappa shape index (κ2) is 16.3. The quantitative estimate of drug-likeness (QED) is 0.147. The van der Waals surface area contributed by atoms with Crippen molar-refractivity contribution in [1.82, 2.24) is 4.57 Å². The zero-order chi connectivity index (χ0) is 48.0. The highest BCUT2D eigenvalue weighted by Crippen LogP contribution is 2.60. The molecule has 0 aliphatic heterocycles. The number of anilines is 3. The summed E-state index contributed by atoms with van der Waals surface area (Å²) in [6.45, 7) is 4.76. The Morgan fingerprint density at radius 3 is 1.39 bits per heavy atom. The molecule has 14 rings (SSSR count). The highest BCUT2D eigenvalue weighted by atomic mass is 15.1. The van der Waals surface area contributed by atoms with Crippen LogP contribution in [0.2, 0.25) is 0 Å². The Hall–Kier alpha value is -8.98. The van der Waals surface area contributed by atoms with E-state index in [0.717, 1.165) is 28.2 Å². The van der Waals surface area contributed by atoms with Crippen LogP contribution < -0.4 is 4.90 Å². The Bertz CT molecular complexity index is 3900. The second-order valence-corrected chi connectivity index (χ2v) is 20.0. The largest absolute Gasteiger partial charge is 0.310 e. The number of hydrogen-bond acceptors (Lipinski definition) is 1. The molecule has 0 atom stereocenters. The summed E-state index contributed by atoms with van der Waals surface area (Å²) in [6.07, 6.45) is 0. The van der Waals surface area contributed by atoms with E-state index < -0.39 is 5.41 Å². The van der Waals surface area contributed by atoms with Crippen molar-refractivity contribution >= 4 is 38.9 Å². The molecule has 2 aliphatic rings. The summed E-state index contributed by atoms with van der Waals surface area (Å²) in [4.78, 5) is 2.52. The average Bonchev–Trinajstić information content (AvgIpc) is 4.03. The van der Waals surface area contributed by atoms with Crippen LogP contribution in [0.5, 0.6) is 0 Å². The summed E-state index contributed by atoms with van der Waals surface area (Å²) in [5.41, 5.74) is 23.5. The Morgan fingerprint density at radius 2 is 0.792 bits per heavy atom. The molecule has 1 heterocycles. The number of nitrogens with zero attached hydrogens (tertiary/aromatic N) is 2. The van der Waals surface area contributed by atoms with Gasteiger partial charge in [-0.05, 0) is 133 Å². The van der Waals surface area contributed by atoms with Crippen molar-refractivity contribution in [1.29, 1.82) is 0 Å². The highest BCUT2D eigenvalue weighted by molar-refractivity contribution is 6.10. The van der Waals surface area contributed by atoms with Gasteiger partial charge < -0.3 is 9.47 Å². The first-order valence-corrected chi connectivity index (χ1v) is 25.2. The Balaban J connectivity index is 1.08. The molecule has 0 unspecified atom stereocenters. The van der Waals surface area contributed by atoms with Crippen molar-refractivity contribution in [3.05, 3.63) is 300 Å². The molecule has 0 fully saturated rings. The van der Waals surface area contributed by atoms with Gasteiger partial charge in [0.15, 0.2) is 0 Å². The highest BCUT2D eigenvalue weighted by Gasteiger charge is 2.48. The third kappa shape index (κ3) is 6.22. The number of fused-ring (bicyclic) bond motifs is 9. The van der Waals surface area contributed by atoms with Crippen molar-refractivity contribution in [3.63, 3.8) is 0 Å². The van der Waals surface area contributed by atoms with E-state index in [2.05, 4.69) is 290 Å². The molecule has 0 radical (unpaired) electrons. The predicted molar refractivity (Wildman–Crippen MR) is 301 cm³/mol. The minimum atomic E-state index is -0.660. The molecule has 2 heteroatoms. The van der Waals surface area contributed by atoms with Crippen LogP contribution in [-0.4, -0.2) is 4.57 Å². The number of aromatic nitrogens is 1. The van der Waals surface area contributed by atoms with Crippen molar-refractivity contribution in [2.75, 3.05) is 4.90 Å². The van der Waals surface area contributed by atoms with Gasteiger partial charge in [-0.1, -0.05) is 220 Å². The van der Waals surface area contributed by atoms with Crippen LogP contribution >= 0.6 is 0 Å². The molecule has 2 nitrogen and oxygen atoms in total. The van der Waals surface area contributed by atoms with Crippen LogP contribution in [-0.2, 0) is 10.8 Å². The smallest absolute Gasteiger partial charge is 0.0715 e. The van der Waals surface area contributed by atoms with Gasteiger partial charge in [0.1, 0.15) is 0 Å². The molecular formula is C70H50N2. The molecule has 1 aromatic heterocycles. The van der Waals surface area contributed by atoms with Crippen molar-refractivity contribution in [3.8, 4) is 50.2 Å². The lowest BCUT2D eigenvalue weighted by Gasteiger charge is -2.35. The topological polar surface area (TPSA) is 8.17 Å². The molecule has 0 spiro atoms. The zero-order valence-corrected chi connectivity index (χ0v) is 40.3. The number of hydrogen-bond donors (Lipinski definition) is 0. The third-order valence-electron chi connectivity index (χ3n) is 15.8.